The van der Waals surface area contributed by atoms with E-state index in [1.165, 1.54) is 51.4 Å². The first-order valence-corrected chi connectivity index (χ1v) is 8.73. The molecule has 0 radical (unpaired) electrons. The number of hydrogen-bond acceptors (Lipinski definition) is 1. The highest BCUT2D eigenvalue weighted by molar-refractivity contribution is 9.11. The predicted molar refractivity (Wildman–Crippen MR) is 86.1 cm³/mol. The molecule has 2 heteroatoms. The minimum Gasteiger partial charge on any atom is -0.135 e. The Hall–Kier alpha value is -0.260. The second kappa shape index (κ2) is 10.6. The molecule has 1 aromatic rings. The lowest BCUT2D eigenvalue weighted by atomic mass is 10.1. The number of hydrogen-bond donors (Lipinski definition) is 0. The fourth-order valence-corrected chi connectivity index (χ4v) is 3.01. The first kappa shape index (κ1) is 15.8. The topological polar surface area (TPSA) is 0 Å². The monoisotopic (exact) mass is 326 g/mol. The fraction of sp³-hybridized carbons (Fsp3) is 0.625. The van der Waals surface area contributed by atoms with Crippen molar-refractivity contribution < 1.29 is 0 Å². The smallest absolute Gasteiger partial charge is 0.0854 e. The van der Waals surface area contributed by atoms with Crippen LogP contribution in [-0.2, 0) is 0 Å². The summed E-state index contributed by atoms with van der Waals surface area (Å²) in [6.07, 6.45) is 12.0. The predicted octanol–water partition coefficient (Wildman–Crippen LogP) is 6.39. The van der Waals surface area contributed by atoms with Crippen LogP contribution in [0.15, 0.2) is 15.2 Å². The summed E-state index contributed by atoms with van der Waals surface area (Å²) in [5.41, 5.74) is 1.14. The lowest BCUT2D eigenvalue weighted by molar-refractivity contribution is 0.579. The molecule has 100 valence electrons. The van der Waals surface area contributed by atoms with E-state index in [1.54, 1.807) is 11.3 Å². The molecule has 0 atom stereocenters. The molecule has 1 heterocycles. The van der Waals surface area contributed by atoms with Crippen LogP contribution < -0.4 is 0 Å². The minimum absolute atomic E-state index is 1.04. The standard InChI is InChI=1S/C16H23BrS/c1-2-3-4-5-6-7-8-9-10-11-12-15-13-14-18-16(15)17/h13-14H,2-10H2,1H3. The van der Waals surface area contributed by atoms with Gasteiger partial charge in [0, 0.05) is 12.0 Å². The van der Waals surface area contributed by atoms with Crippen LogP contribution in [-0.4, -0.2) is 0 Å². The van der Waals surface area contributed by atoms with E-state index >= 15 is 0 Å². The van der Waals surface area contributed by atoms with Gasteiger partial charge in [-0.2, -0.15) is 0 Å². The van der Waals surface area contributed by atoms with E-state index < -0.39 is 0 Å². The lowest BCUT2D eigenvalue weighted by Crippen LogP contribution is -1.80. The normalized spacial score (nSPS) is 10.1. The van der Waals surface area contributed by atoms with Gasteiger partial charge < -0.3 is 0 Å². The molecule has 0 nitrogen and oxygen atoms in total. The van der Waals surface area contributed by atoms with Gasteiger partial charge in [-0.3, -0.25) is 0 Å². The molecular weight excluding hydrogens is 304 g/mol. The second-order valence-corrected chi connectivity index (χ2v) is 6.87. The van der Waals surface area contributed by atoms with Crippen molar-refractivity contribution in [1.29, 1.82) is 0 Å². The van der Waals surface area contributed by atoms with E-state index in [2.05, 4.69) is 46.1 Å². The molecule has 1 rings (SSSR count). The van der Waals surface area contributed by atoms with Crippen molar-refractivity contribution in [3.8, 4) is 11.8 Å². The molecule has 0 N–H and O–H groups in total. The maximum atomic E-state index is 3.51. The van der Waals surface area contributed by atoms with E-state index in [0.717, 1.165) is 15.8 Å². The van der Waals surface area contributed by atoms with Crippen LogP contribution in [0.5, 0.6) is 0 Å². The molecule has 0 bridgehead atoms. The summed E-state index contributed by atoms with van der Waals surface area (Å²) in [5, 5.41) is 2.07. The minimum atomic E-state index is 1.04. The second-order valence-electron chi connectivity index (χ2n) is 4.63. The number of unbranched alkanes of at least 4 members (excludes halogenated alkanes) is 8. The summed E-state index contributed by atoms with van der Waals surface area (Å²) in [4.78, 5) is 0. The first-order valence-electron chi connectivity index (χ1n) is 7.06. The quantitative estimate of drug-likeness (QED) is 0.383. The Morgan fingerprint density at radius 3 is 2.33 bits per heavy atom. The number of halogens is 1. The van der Waals surface area contributed by atoms with Gasteiger partial charge >= 0.3 is 0 Å². The van der Waals surface area contributed by atoms with Gasteiger partial charge in [-0.25, -0.2) is 0 Å². The maximum Gasteiger partial charge on any atom is 0.0854 e. The molecule has 0 saturated heterocycles. The molecule has 18 heavy (non-hydrogen) atoms. The number of rotatable bonds is 8. The Kier molecular flexibility index (Phi) is 9.34. The van der Waals surface area contributed by atoms with Crippen molar-refractivity contribution in [3.05, 3.63) is 20.8 Å². The SMILES string of the molecule is CCCCCCCCCCC#Cc1ccsc1Br. The molecule has 0 aliphatic heterocycles. The van der Waals surface area contributed by atoms with Crippen molar-refractivity contribution in [1.82, 2.24) is 0 Å². The van der Waals surface area contributed by atoms with Crippen LogP contribution in [0.25, 0.3) is 0 Å². The van der Waals surface area contributed by atoms with Crippen molar-refractivity contribution >= 4 is 27.3 Å². The fourth-order valence-electron chi connectivity index (χ4n) is 1.89. The Morgan fingerprint density at radius 2 is 1.72 bits per heavy atom. The summed E-state index contributed by atoms with van der Waals surface area (Å²) >= 11 is 5.21. The van der Waals surface area contributed by atoms with E-state index in [0.29, 0.717) is 0 Å². The van der Waals surface area contributed by atoms with Gasteiger partial charge in [0.1, 0.15) is 0 Å². The molecule has 1 aromatic heterocycles. The van der Waals surface area contributed by atoms with Crippen LogP contribution >= 0.6 is 27.3 Å². The van der Waals surface area contributed by atoms with Gasteiger partial charge in [0.2, 0.25) is 0 Å². The van der Waals surface area contributed by atoms with Gasteiger partial charge in [0.15, 0.2) is 0 Å². The average Bonchev–Trinajstić information content (AvgIpc) is 2.77. The Balaban J connectivity index is 1.96. The van der Waals surface area contributed by atoms with Gasteiger partial charge in [0.05, 0.1) is 3.79 Å². The van der Waals surface area contributed by atoms with Crippen LogP contribution in [0.1, 0.15) is 70.3 Å². The van der Waals surface area contributed by atoms with Gasteiger partial charge in [-0.05, 0) is 33.8 Å². The Bertz CT molecular complexity index is 370. The van der Waals surface area contributed by atoms with E-state index in [4.69, 9.17) is 0 Å². The van der Waals surface area contributed by atoms with Gasteiger partial charge in [0.25, 0.3) is 0 Å². The maximum absolute atomic E-state index is 3.51. The molecule has 0 saturated carbocycles. The lowest BCUT2D eigenvalue weighted by Gasteiger charge is -1.99. The third kappa shape index (κ3) is 7.24. The van der Waals surface area contributed by atoms with E-state index in [1.807, 2.05) is 0 Å². The molecule has 0 aromatic carbocycles. The van der Waals surface area contributed by atoms with E-state index in [9.17, 15) is 0 Å². The largest absolute Gasteiger partial charge is 0.135 e. The highest BCUT2D eigenvalue weighted by atomic mass is 79.9. The molecule has 0 aliphatic rings. The van der Waals surface area contributed by atoms with Crippen LogP contribution in [0.4, 0.5) is 0 Å². The molecular formula is C16H23BrS. The summed E-state index contributed by atoms with van der Waals surface area (Å²) in [5.74, 6) is 6.49. The van der Waals surface area contributed by atoms with Gasteiger partial charge in [-0.1, -0.05) is 63.7 Å². The zero-order valence-electron chi connectivity index (χ0n) is 11.3. The zero-order valence-corrected chi connectivity index (χ0v) is 13.7. The molecule has 0 spiro atoms. The Morgan fingerprint density at radius 1 is 1.06 bits per heavy atom. The average molecular weight is 327 g/mol. The van der Waals surface area contributed by atoms with Crippen molar-refractivity contribution in [3.63, 3.8) is 0 Å². The van der Waals surface area contributed by atoms with Crippen LogP contribution in [0.3, 0.4) is 0 Å². The van der Waals surface area contributed by atoms with Crippen LogP contribution in [0, 0.1) is 11.8 Å². The van der Waals surface area contributed by atoms with Crippen molar-refractivity contribution in [2.75, 3.05) is 0 Å². The first-order chi connectivity index (χ1) is 8.84. The molecule has 0 aliphatic carbocycles. The van der Waals surface area contributed by atoms with E-state index in [-0.39, 0.29) is 0 Å². The molecule has 0 fully saturated rings. The summed E-state index contributed by atoms with van der Waals surface area (Å²) in [7, 11) is 0. The Labute approximate surface area is 124 Å². The van der Waals surface area contributed by atoms with Gasteiger partial charge in [-0.15, -0.1) is 11.3 Å². The van der Waals surface area contributed by atoms with Crippen LogP contribution in [0.2, 0.25) is 0 Å². The summed E-state index contributed by atoms with van der Waals surface area (Å²) in [6, 6.07) is 2.08. The zero-order chi connectivity index (χ0) is 13.1. The third-order valence-electron chi connectivity index (χ3n) is 3.00. The number of thiophene rings is 1. The third-order valence-corrected chi connectivity index (χ3v) is 4.68. The summed E-state index contributed by atoms with van der Waals surface area (Å²) in [6.45, 7) is 2.27. The highest BCUT2D eigenvalue weighted by Crippen LogP contribution is 2.22. The molecule has 0 amide bonds. The van der Waals surface area contributed by atoms with Crippen molar-refractivity contribution in [2.45, 2.75) is 64.7 Å². The molecule has 0 unspecified atom stereocenters. The highest BCUT2D eigenvalue weighted by Gasteiger charge is 1.95. The summed E-state index contributed by atoms with van der Waals surface area (Å²) < 4.78 is 1.16. The van der Waals surface area contributed by atoms with Crippen molar-refractivity contribution in [2.24, 2.45) is 0 Å².